The van der Waals surface area contributed by atoms with Gasteiger partial charge in [0.15, 0.2) is 0 Å². The van der Waals surface area contributed by atoms with Crippen molar-refractivity contribution in [3.8, 4) is 0 Å². The number of nitrogens with one attached hydrogen (secondary N) is 1. The van der Waals surface area contributed by atoms with Gasteiger partial charge in [-0.05, 0) is 45.6 Å². The van der Waals surface area contributed by atoms with E-state index in [0.29, 0.717) is 45.4 Å². The predicted octanol–water partition coefficient (Wildman–Crippen LogP) is 2.23. The molecule has 6 heteroatoms. The molecule has 1 aromatic rings. The van der Waals surface area contributed by atoms with Gasteiger partial charge in [0, 0.05) is 44.1 Å². The summed E-state index contributed by atoms with van der Waals surface area (Å²) in [6.07, 6.45) is 2.50. The molecule has 158 valence electrons. The molecule has 6 nitrogen and oxygen atoms in total. The Balaban J connectivity index is 1.42. The van der Waals surface area contributed by atoms with E-state index in [1.54, 1.807) is 0 Å². The van der Waals surface area contributed by atoms with Crippen molar-refractivity contribution in [2.75, 3.05) is 26.2 Å². The van der Waals surface area contributed by atoms with Crippen LogP contribution in [0.3, 0.4) is 0 Å². The minimum Gasteiger partial charge on any atom is -0.356 e. The number of hydrogen-bond donors (Lipinski definition) is 1. The zero-order chi connectivity index (χ0) is 21.0. The Labute approximate surface area is 173 Å². The molecule has 1 unspecified atom stereocenters. The second-order valence-electron chi connectivity index (χ2n) is 9.20. The molecule has 29 heavy (non-hydrogen) atoms. The molecule has 1 N–H and O–H groups in total. The summed E-state index contributed by atoms with van der Waals surface area (Å²) in [5.74, 6) is -0.0800. The Morgan fingerprint density at radius 2 is 1.72 bits per heavy atom. The fourth-order valence-corrected chi connectivity index (χ4v) is 4.26. The lowest BCUT2D eigenvalue weighted by molar-refractivity contribution is -0.139. The van der Waals surface area contributed by atoms with Gasteiger partial charge in [0.1, 0.15) is 0 Å². The fourth-order valence-electron chi connectivity index (χ4n) is 4.26. The molecule has 0 aromatic heterocycles. The lowest BCUT2D eigenvalue weighted by Crippen LogP contribution is -2.46. The van der Waals surface area contributed by atoms with Gasteiger partial charge in [-0.2, -0.15) is 0 Å². The summed E-state index contributed by atoms with van der Waals surface area (Å²) in [7, 11) is 0. The normalized spacial score (nSPS) is 20.8. The number of carbonyl (C=O) groups excluding carboxylic acids is 3. The fraction of sp³-hybridized carbons (Fsp3) is 0.609. The van der Waals surface area contributed by atoms with Gasteiger partial charge in [-0.3, -0.25) is 14.4 Å². The minimum atomic E-state index is -0.253. The molecule has 1 aromatic carbocycles. The first-order valence-corrected chi connectivity index (χ1v) is 10.7. The van der Waals surface area contributed by atoms with Crippen molar-refractivity contribution >= 4 is 17.7 Å². The van der Waals surface area contributed by atoms with Gasteiger partial charge in [-0.25, -0.2) is 0 Å². The maximum Gasteiger partial charge on any atom is 0.227 e. The van der Waals surface area contributed by atoms with Gasteiger partial charge in [-0.15, -0.1) is 0 Å². The van der Waals surface area contributed by atoms with Crippen LogP contribution in [-0.2, 0) is 20.8 Å². The zero-order valence-corrected chi connectivity index (χ0v) is 17.8. The number of likely N-dealkylation sites (tertiary alicyclic amines) is 2. The van der Waals surface area contributed by atoms with E-state index in [4.69, 9.17) is 0 Å². The van der Waals surface area contributed by atoms with Crippen LogP contribution >= 0.6 is 0 Å². The van der Waals surface area contributed by atoms with Crippen molar-refractivity contribution in [2.45, 2.75) is 52.0 Å². The Bertz CT molecular complexity index is 733. The average Bonchev–Trinajstić information content (AvgIpc) is 3.10. The number of rotatable bonds is 5. The maximum absolute atomic E-state index is 12.9. The molecule has 0 bridgehead atoms. The molecule has 2 aliphatic rings. The Hall–Kier alpha value is -2.37. The van der Waals surface area contributed by atoms with E-state index in [2.05, 4.69) is 17.4 Å². The lowest BCUT2D eigenvalue weighted by Gasteiger charge is -2.34. The quantitative estimate of drug-likeness (QED) is 0.825. The number of piperidine rings is 1. The smallest absolute Gasteiger partial charge is 0.227 e. The number of hydrogen-bond acceptors (Lipinski definition) is 3. The van der Waals surface area contributed by atoms with Crippen LogP contribution in [0.1, 0.15) is 45.6 Å². The van der Waals surface area contributed by atoms with Crippen LogP contribution in [0.2, 0.25) is 0 Å². The van der Waals surface area contributed by atoms with Gasteiger partial charge in [0.2, 0.25) is 17.7 Å². The third kappa shape index (κ3) is 5.37. The maximum atomic E-state index is 12.9. The molecule has 2 fully saturated rings. The highest BCUT2D eigenvalue weighted by Gasteiger charge is 2.41. The van der Waals surface area contributed by atoms with Gasteiger partial charge in [0.25, 0.3) is 0 Å². The van der Waals surface area contributed by atoms with E-state index in [0.717, 1.165) is 6.42 Å². The molecule has 3 amide bonds. The second-order valence-corrected chi connectivity index (χ2v) is 9.20. The minimum absolute atomic E-state index is 0.0360. The first-order valence-electron chi connectivity index (χ1n) is 10.7. The number of nitrogens with zero attached hydrogens (tertiary/aromatic N) is 2. The summed E-state index contributed by atoms with van der Waals surface area (Å²) in [6.45, 7) is 8.32. The lowest BCUT2D eigenvalue weighted by atomic mass is 9.94. The van der Waals surface area contributed by atoms with E-state index >= 15 is 0 Å². The summed E-state index contributed by atoms with van der Waals surface area (Å²) in [6, 6.07) is 10.1. The highest BCUT2D eigenvalue weighted by molar-refractivity contribution is 5.90. The monoisotopic (exact) mass is 399 g/mol. The summed E-state index contributed by atoms with van der Waals surface area (Å²) < 4.78 is 0. The molecule has 0 radical (unpaired) electrons. The topological polar surface area (TPSA) is 69.7 Å². The molecule has 2 aliphatic heterocycles. The van der Waals surface area contributed by atoms with E-state index in [1.807, 2.05) is 48.8 Å². The van der Waals surface area contributed by atoms with Crippen LogP contribution in [0, 0.1) is 11.8 Å². The van der Waals surface area contributed by atoms with Crippen LogP contribution in [0.5, 0.6) is 0 Å². The average molecular weight is 400 g/mol. The molecule has 2 heterocycles. The van der Waals surface area contributed by atoms with Crippen molar-refractivity contribution < 1.29 is 14.4 Å². The zero-order valence-electron chi connectivity index (χ0n) is 17.8. The number of carbonyl (C=O) groups is 3. The standard InChI is InChI=1S/C23H33N3O3/c1-23(2,3)26-16-19(15-20(26)27)22(29)25-13-10-18(11-14-25)21(28)24-12-9-17-7-5-4-6-8-17/h4-8,18-19H,9-16H2,1-3H3,(H,24,28). The molecule has 0 saturated carbocycles. The van der Waals surface area contributed by atoms with Crippen LogP contribution in [0.15, 0.2) is 30.3 Å². The highest BCUT2D eigenvalue weighted by Crippen LogP contribution is 2.28. The predicted molar refractivity (Wildman–Crippen MR) is 112 cm³/mol. The van der Waals surface area contributed by atoms with Crippen LogP contribution < -0.4 is 5.32 Å². The van der Waals surface area contributed by atoms with Gasteiger partial charge >= 0.3 is 0 Å². The van der Waals surface area contributed by atoms with Crippen molar-refractivity contribution in [3.63, 3.8) is 0 Å². The molecule has 3 rings (SSSR count). The molecule has 0 aliphatic carbocycles. The molecular weight excluding hydrogens is 366 g/mol. The summed E-state index contributed by atoms with van der Waals surface area (Å²) >= 11 is 0. The van der Waals surface area contributed by atoms with Crippen molar-refractivity contribution in [1.29, 1.82) is 0 Å². The van der Waals surface area contributed by atoms with Crippen LogP contribution in [0.25, 0.3) is 0 Å². The van der Waals surface area contributed by atoms with Gasteiger partial charge in [-0.1, -0.05) is 30.3 Å². The van der Waals surface area contributed by atoms with Crippen molar-refractivity contribution in [1.82, 2.24) is 15.1 Å². The SMILES string of the molecule is CC(C)(C)N1CC(C(=O)N2CCC(C(=O)NCCc3ccccc3)CC2)CC1=O. The largest absolute Gasteiger partial charge is 0.356 e. The molecule has 2 saturated heterocycles. The van der Waals surface area contributed by atoms with E-state index in [9.17, 15) is 14.4 Å². The molecule has 1 atom stereocenters. The molecule has 0 spiro atoms. The van der Waals surface area contributed by atoms with E-state index in [-0.39, 0.29) is 35.1 Å². The van der Waals surface area contributed by atoms with Crippen molar-refractivity contribution in [2.24, 2.45) is 11.8 Å². The first-order chi connectivity index (χ1) is 13.8. The van der Waals surface area contributed by atoms with Gasteiger partial charge in [0.05, 0.1) is 5.92 Å². The third-order valence-corrected chi connectivity index (χ3v) is 6.02. The van der Waals surface area contributed by atoms with Crippen LogP contribution in [-0.4, -0.2) is 59.2 Å². The van der Waals surface area contributed by atoms with Crippen molar-refractivity contribution in [3.05, 3.63) is 35.9 Å². The third-order valence-electron chi connectivity index (χ3n) is 6.02. The summed E-state index contributed by atoms with van der Waals surface area (Å²) in [4.78, 5) is 41.2. The highest BCUT2D eigenvalue weighted by atomic mass is 16.2. The molecular formula is C23H33N3O3. The number of benzene rings is 1. The summed E-state index contributed by atoms with van der Waals surface area (Å²) in [5.41, 5.74) is 0.959. The Morgan fingerprint density at radius 3 is 2.31 bits per heavy atom. The first kappa shape index (κ1) is 21.3. The summed E-state index contributed by atoms with van der Waals surface area (Å²) in [5, 5.41) is 3.03. The van der Waals surface area contributed by atoms with Gasteiger partial charge < -0.3 is 15.1 Å². The Morgan fingerprint density at radius 1 is 1.07 bits per heavy atom. The van der Waals surface area contributed by atoms with Crippen LogP contribution in [0.4, 0.5) is 0 Å². The number of amides is 3. The second kappa shape index (κ2) is 8.97. The van der Waals surface area contributed by atoms with E-state index < -0.39 is 0 Å². The Kier molecular flexibility index (Phi) is 6.60. The van der Waals surface area contributed by atoms with E-state index in [1.165, 1.54) is 5.56 Å².